The summed E-state index contributed by atoms with van der Waals surface area (Å²) in [5.74, 6) is -0.0336. The molecular formula is C16H17ClN4O2. The van der Waals surface area contributed by atoms with Crippen molar-refractivity contribution in [3.63, 3.8) is 0 Å². The summed E-state index contributed by atoms with van der Waals surface area (Å²) in [6.07, 6.45) is 3.38. The number of likely N-dealkylation sites (tertiary alicyclic amines) is 1. The Balaban J connectivity index is 1.38. The fourth-order valence-electron chi connectivity index (χ4n) is 2.79. The smallest absolute Gasteiger partial charge is 0.274 e. The number of benzene rings is 1. The second-order valence-corrected chi connectivity index (χ2v) is 6.39. The first-order valence-corrected chi connectivity index (χ1v) is 8.00. The zero-order valence-corrected chi connectivity index (χ0v) is 13.2. The topological polar surface area (TPSA) is 59.4 Å². The van der Waals surface area contributed by atoms with Crippen LogP contribution in [0.1, 0.15) is 10.5 Å². The molecule has 0 spiro atoms. The Hall–Kier alpha value is -1.89. The lowest BCUT2D eigenvalue weighted by Crippen LogP contribution is -2.64. The molecule has 0 bridgehead atoms. The molecule has 2 saturated heterocycles. The number of imidazole rings is 1. The van der Waals surface area contributed by atoms with Crippen LogP contribution in [0.25, 0.3) is 5.69 Å². The van der Waals surface area contributed by atoms with Crippen LogP contribution in [-0.2, 0) is 4.74 Å². The molecular weight excluding hydrogens is 316 g/mol. The minimum absolute atomic E-state index is 0.0336. The molecule has 1 aromatic carbocycles. The monoisotopic (exact) mass is 332 g/mol. The van der Waals surface area contributed by atoms with Crippen molar-refractivity contribution >= 4 is 17.5 Å². The summed E-state index contributed by atoms with van der Waals surface area (Å²) >= 11 is 6.00. The highest BCUT2D eigenvalue weighted by atomic mass is 35.5. The van der Waals surface area contributed by atoms with Crippen LogP contribution in [0, 0.1) is 0 Å². The van der Waals surface area contributed by atoms with E-state index in [2.05, 4.69) is 10.3 Å². The number of hydrogen-bond donors (Lipinski definition) is 1. The molecule has 120 valence electrons. The van der Waals surface area contributed by atoms with Gasteiger partial charge in [0.2, 0.25) is 0 Å². The zero-order valence-electron chi connectivity index (χ0n) is 12.5. The van der Waals surface area contributed by atoms with E-state index in [-0.39, 0.29) is 5.91 Å². The largest absolute Gasteiger partial charge is 0.378 e. The van der Waals surface area contributed by atoms with E-state index in [1.807, 2.05) is 29.2 Å². The second-order valence-electron chi connectivity index (χ2n) is 5.95. The van der Waals surface area contributed by atoms with E-state index in [0.717, 1.165) is 32.0 Å². The number of ether oxygens (including phenoxy) is 1. The van der Waals surface area contributed by atoms with E-state index >= 15 is 0 Å². The van der Waals surface area contributed by atoms with Crippen molar-refractivity contribution < 1.29 is 9.53 Å². The van der Waals surface area contributed by atoms with E-state index in [4.69, 9.17) is 16.3 Å². The van der Waals surface area contributed by atoms with Gasteiger partial charge in [-0.1, -0.05) is 17.7 Å². The molecule has 3 heterocycles. The number of nitrogens with zero attached hydrogens (tertiary/aromatic N) is 3. The third-order valence-electron chi connectivity index (χ3n) is 4.19. The number of carbonyl (C=O) groups is 1. The lowest BCUT2D eigenvalue weighted by molar-refractivity contribution is -0.0210. The van der Waals surface area contributed by atoms with Crippen molar-refractivity contribution in [2.24, 2.45) is 0 Å². The number of halogens is 1. The SMILES string of the molecule is O=C(c1cn(-c2cccc(Cl)c2)cn1)N1CC(NC2COC2)C1. The molecule has 1 N–H and O–H groups in total. The molecule has 0 saturated carbocycles. The highest BCUT2D eigenvalue weighted by Crippen LogP contribution is 2.17. The summed E-state index contributed by atoms with van der Waals surface area (Å²) < 4.78 is 6.94. The molecule has 23 heavy (non-hydrogen) atoms. The molecule has 4 rings (SSSR count). The van der Waals surface area contributed by atoms with Crippen LogP contribution >= 0.6 is 11.6 Å². The average Bonchev–Trinajstić information content (AvgIpc) is 2.93. The minimum Gasteiger partial charge on any atom is -0.378 e. The van der Waals surface area contributed by atoms with Crippen molar-refractivity contribution in [3.8, 4) is 5.69 Å². The molecule has 0 unspecified atom stereocenters. The first kappa shape index (κ1) is 14.7. The molecule has 6 nitrogen and oxygen atoms in total. The van der Waals surface area contributed by atoms with Crippen LogP contribution in [0.2, 0.25) is 5.02 Å². The standard InChI is InChI=1S/C16H17ClN4O2/c17-11-2-1-3-14(4-11)21-7-15(18-10-21)16(22)20-5-12(6-20)19-13-8-23-9-13/h1-4,7,10,12-13,19H,5-6,8-9H2. The summed E-state index contributed by atoms with van der Waals surface area (Å²) in [4.78, 5) is 18.5. The number of aromatic nitrogens is 2. The molecule has 1 aromatic heterocycles. The van der Waals surface area contributed by atoms with Gasteiger partial charge in [0.1, 0.15) is 12.0 Å². The van der Waals surface area contributed by atoms with Gasteiger partial charge in [0.05, 0.1) is 19.3 Å². The number of carbonyl (C=O) groups excluding carboxylic acids is 1. The zero-order chi connectivity index (χ0) is 15.8. The van der Waals surface area contributed by atoms with Gasteiger partial charge < -0.3 is 19.5 Å². The van der Waals surface area contributed by atoms with Gasteiger partial charge in [0.25, 0.3) is 5.91 Å². The van der Waals surface area contributed by atoms with Gasteiger partial charge >= 0.3 is 0 Å². The Bertz CT molecular complexity index is 722. The summed E-state index contributed by atoms with van der Waals surface area (Å²) in [6.45, 7) is 2.99. The first-order chi connectivity index (χ1) is 11.2. The van der Waals surface area contributed by atoms with E-state index < -0.39 is 0 Å². The van der Waals surface area contributed by atoms with Crippen molar-refractivity contribution in [1.29, 1.82) is 0 Å². The molecule has 1 amide bonds. The first-order valence-electron chi connectivity index (χ1n) is 7.62. The second kappa shape index (κ2) is 5.96. The lowest BCUT2D eigenvalue weighted by atomic mass is 10.1. The molecule has 7 heteroatoms. The number of hydrogen-bond acceptors (Lipinski definition) is 4. The summed E-state index contributed by atoms with van der Waals surface area (Å²) in [5.41, 5.74) is 1.34. The Labute approximate surface area is 139 Å². The highest BCUT2D eigenvalue weighted by molar-refractivity contribution is 6.30. The minimum atomic E-state index is -0.0336. The molecule has 2 aromatic rings. The molecule has 2 fully saturated rings. The van der Waals surface area contributed by atoms with Gasteiger partial charge in [-0.3, -0.25) is 4.79 Å². The van der Waals surface area contributed by atoms with Crippen molar-refractivity contribution in [2.75, 3.05) is 26.3 Å². The van der Waals surface area contributed by atoms with E-state index in [1.54, 1.807) is 17.1 Å². The van der Waals surface area contributed by atoms with Crippen molar-refractivity contribution in [1.82, 2.24) is 19.8 Å². The number of rotatable bonds is 4. The maximum absolute atomic E-state index is 12.4. The molecule has 2 aliphatic heterocycles. The van der Waals surface area contributed by atoms with Crippen LogP contribution in [-0.4, -0.2) is 58.7 Å². The molecule has 2 aliphatic rings. The normalized spacial score (nSPS) is 18.6. The number of nitrogens with one attached hydrogen (secondary N) is 1. The highest BCUT2D eigenvalue weighted by Gasteiger charge is 2.34. The average molecular weight is 333 g/mol. The van der Waals surface area contributed by atoms with Gasteiger partial charge in [-0.15, -0.1) is 0 Å². The fraction of sp³-hybridized carbons (Fsp3) is 0.375. The van der Waals surface area contributed by atoms with E-state index in [9.17, 15) is 4.79 Å². The Morgan fingerprint density at radius 2 is 2.13 bits per heavy atom. The van der Waals surface area contributed by atoms with Gasteiger partial charge in [-0.05, 0) is 18.2 Å². The molecule has 0 aliphatic carbocycles. The van der Waals surface area contributed by atoms with E-state index in [1.165, 1.54) is 0 Å². The lowest BCUT2D eigenvalue weighted by Gasteiger charge is -2.42. The van der Waals surface area contributed by atoms with Crippen LogP contribution in [0.5, 0.6) is 0 Å². The summed E-state index contributed by atoms with van der Waals surface area (Å²) in [5, 5.41) is 4.12. The maximum Gasteiger partial charge on any atom is 0.274 e. The third kappa shape index (κ3) is 2.97. The Morgan fingerprint density at radius 1 is 1.30 bits per heavy atom. The van der Waals surface area contributed by atoms with Crippen molar-refractivity contribution in [2.45, 2.75) is 12.1 Å². The maximum atomic E-state index is 12.4. The van der Waals surface area contributed by atoms with E-state index in [0.29, 0.717) is 22.8 Å². The van der Waals surface area contributed by atoms with Crippen LogP contribution in [0.15, 0.2) is 36.8 Å². The van der Waals surface area contributed by atoms with Gasteiger partial charge in [0, 0.05) is 36.0 Å². The fourth-order valence-corrected chi connectivity index (χ4v) is 2.97. The van der Waals surface area contributed by atoms with Gasteiger partial charge in [-0.25, -0.2) is 4.98 Å². The van der Waals surface area contributed by atoms with Crippen molar-refractivity contribution in [3.05, 3.63) is 47.5 Å². The predicted molar refractivity (Wildman–Crippen MR) is 86.0 cm³/mol. The summed E-state index contributed by atoms with van der Waals surface area (Å²) in [7, 11) is 0. The Kier molecular flexibility index (Phi) is 3.80. The quantitative estimate of drug-likeness (QED) is 0.918. The number of amides is 1. The Morgan fingerprint density at radius 3 is 2.83 bits per heavy atom. The predicted octanol–water partition coefficient (Wildman–Crippen LogP) is 1.34. The summed E-state index contributed by atoms with van der Waals surface area (Å²) in [6, 6.07) is 8.25. The van der Waals surface area contributed by atoms with Gasteiger partial charge in [0.15, 0.2) is 0 Å². The molecule has 0 radical (unpaired) electrons. The third-order valence-corrected chi connectivity index (χ3v) is 4.42. The van der Waals surface area contributed by atoms with Gasteiger partial charge in [-0.2, -0.15) is 0 Å². The molecule has 0 atom stereocenters. The van der Waals surface area contributed by atoms with Crippen LogP contribution in [0.4, 0.5) is 0 Å². The van der Waals surface area contributed by atoms with Crippen LogP contribution in [0.3, 0.4) is 0 Å². The van der Waals surface area contributed by atoms with Crippen LogP contribution < -0.4 is 5.32 Å².